The van der Waals surface area contributed by atoms with Gasteiger partial charge in [0.1, 0.15) is 4.88 Å². The lowest BCUT2D eigenvalue weighted by atomic mass is 10.1. The zero-order valence-electron chi connectivity index (χ0n) is 12.9. The van der Waals surface area contributed by atoms with Crippen molar-refractivity contribution in [2.75, 3.05) is 7.11 Å². The Kier molecular flexibility index (Phi) is 3.43. The van der Waals surface area contributed by atoms with Crippen molar-refractivity contribution < 1.29 is 9.53 Å². The molecule has 4 nitrogen and oxygen atoms in total. The summed E-state index contributed by atoms with van der Waals surface area (Å²) in [6.07, 6.45) is 0. The number of aromatic nitrogens is 1. The summed E-state index contributed by atoms with van der Waals surface area (Å²) >= 11 is 1.29. The van der Waals surface area contributed by atoms with Gasteiger partial charge in [-0.05, 0) is 24.3 Å². The van der Waals surface area contributed by atoms with E-state index < -0.39 is 5.97 Å². The number of methoxy groups -OCH3 is 1. The number of hydrogen-bond acceptors (Lipinski definition) is 4. The van der Waals surface area contributed by atoms with E-state index in [0.29, 0.717) is 10.3 Å². The minimum atomic E-state index is -0.425. The molecule has 0 amide bonds. The third kappa shape index (κ3) is 2.13. The lowest BCUT2D eigenvalue weighted by molar-refractivity contribution is 0.0606. The fourth-order valence-corrected chi connectivity index (χ4v) is 3.98. The second-order valence-electron chi connectivity index (χ2n) is 5.34. The second kappa shape index (κ2) is 5.62. The molecule has 4 aromatic rings. The molecule has 0 unspecified atom stereocenters. The van der Waals surface area contributed by atoms with Crippen LogP contribution in [-0.2, 0) is 4.74 Å². The van der Waals surface area contributed by atoms with E-state index in [1.165, 1.54) is 18.4 Å². The van der Waals surface area contributed by atoms with Crippen LogP contribution in [0.15, 0.2) is 65.5 Å². The molecule has 0 atom stereocenters. The summed E-state index contributed by atoms with van der Waals surface area (Å²) in [5.41, 5.74) is 1.48. The molecule has 0 bridgehead atoms. The van der Waals surface area contributed by atoms with E-state index in [1.807, 2.05) is 54.6 Å². The first kappa shape index (κ1) is 14.7. The maximum absolute atomic E-state index is 13.1. The highest BCUT2D eigenvalue weighted by molar-refractivity contribution is 7.21. The molecule has 0 aliphatic carbocycles. The summed E-state index contributed by atoms with van der Waals surface area (Å²) in [6.45, 7) is 0. The van der Waals surface area contributed by atoms with E-state index in [9.17, 15) is 9.59 Å². The number of carbonyl (C=O) groups is 1. The van der Waals surface area contributed by atoms with Gasteiger partial charge in [-0.15, -0.1) is 11.3 Å². The molecule has 24 heavy (non-hydrogen) atoms. The zero-order chi connectivity index (χ0) is 16.7. The number of benzene rings is 2. The van der Waals surface area contributed by atoms with Crippen LogP contribution in [0.1, 0.15) is 9.67 Å². The molecule has 0 radical (unpaired) electrons. The van der Waals surface area contributed by atoms with Crippen LogP contribution in [0, 0.1) is 0 Å². The minimum Gasteiger partial charge on any atom is -0.465 e. The molecule has 0 aliphatic rings. The Morgan fingerprint density at radius 2 is 1.71 bits per heavy atom. The Labute approximate surface area is 141 Å². The molecule has 0 N–H and O–H groups in total. The molecule has 5 heteroatoms. The second-order valence-corrected chi connectivity index (χ2v) is 6.39. The number of nitrogens with zero attached hydrogens (tertiary/aromatic N) is 1. The quantitative estimate of drug-likeness (QED) is 0.520. The van der Waals surface area contributed by atoms with E-state index in [-0.39, 0.29) is 5.56 Å². The lowest BCUT2D eigenvalue weighted by Gasteiger charge is -2.11. The standard InChI is InChI=1S/C19H13NO3S/c1-23-19(22)16-11-14-17(24-16)13-9-5-6-10-15(13)20(18(14)21)12-7-3-2-4-8-12/h2-11H,1H3. The van der Waals surface area contributed by atoms with Crippen molar-refractivity contribution in [3.63, 3.8) is 0 Å². The lowest BCUT2D eigenvalue weighted by Crippen LogP contribution is -2.18. The number of carbonyl (C=O) groups excluding carboxylic acids is 1. The van der Waals surface area contributed by atoms with Crippen LogP contribution in [0.4, 0.5) is 0 Å². The van der Waals surface area contributed by atoms with Crippen LogP contribution in [0.2, 0.25) is 0 Å². The van der Waals surface area contributed by atoms with Gasteiger partial charge in [-0.2, -0.15) is 0 Å². The van der Waals surface area contributed by atoms with Gasteiger partial charge >= 0.3 is 5.97 Å². The van der Waals surface area contributed by atoms with E-state index >= 15 is 0 Å². The first-order valence-electron chi connectivity index (χ1n) is 7.42. The highest BCUT2D eigenvalue weighted by Crippen LogP contribution is 2.31. The van der Waals surface area contributed by atoms with Crippen LogP contribution in [0.25, 0.3) is 26.7 Å². The number of thiophene rings is 1. The monoisotopic (exact) mass is 335 g/mol. The summed E-state index contributed by atoms with van der Waals surface area (Å²) in [5, 5.41) is 1.47. The van der Waals surface area contributed by atoms with Crippen molar-refractivity contribution in [3.05, 3.63) is 75.9 Å². The molecule has 0 spiro atoms. The van der Waals surface area contributed by atoms with Gasteiger partial charge in [0.2, 0.25) is 0 Å². The number of hydrogen-bond donors (Lipinski definition) is 0. The predicted molar refractivity (Wildman–Crippen MR) is 96.3 cm³/mol. The molecular formula is C19H13NO3S. The Balaban J connectivity index is 2.18. The van der Waals surface area contributed by atoms with Gasteiger partial charge in [-0.1, -0.05) is 36.4 Å². The van der Waals surface area contributed by atoms with E-state index in [1.54, 1.807) is 10.6 Å². The number of pyridine rings is 1. The van der Waals surface area contributed by atoms with E-state index in [0.717, 1.165) is 21.3 Å². The van der Waals surface area contributed by atoms with Crippen molar-refractivity contribution in [2.45, 2.75) is 0 Å². The highest BCUT2D eigenvalue weighted by atomic mass is 32.1. The minimum absolute atomic E-state index is 0.138. The molecule has 2 heterocycles. The Hall–Kier alpha value is -2.92. The molecule has 0 saturated carbocycles. The number of rotatable bonds is 2. The van der Waals surface area contributed by atoms with Gasteiger partial charge in [0.15, 0.2) is 0 Å². The van der Waals surface area contributed by atoms with Crippen molar-refractivity contribution in [1.29, 1.82) is 0 Å². The smallest absolute Gasteiger partial charge is 0.348 e. The van der Waals surface area contributed by atoms with Crippen LogP contribution >= 0.6 is 11.3 Å². The molecule has 118 valence electrons. The van der Waals surface area contributed by atoms with E-state index in [2.05, 4.69) is 0 Å². The molecule has 2 aromatic heterocycles. The molecule has 2 aromatic carbocycles. The van der Waals surface area contributed by atoms with Crippen LogP contribution < -0.4 is 5.56 Å². The van der Waals surface area contributed by atoms with Gasteiger partial charge in [-0.25, -0.2) is 4.79 Å². The Bertz CT molecular complexity index is 1130. The van der Waals surface area contributed by atoms with Crippen LogP contribution in [-0.4, -0.2) is 17.6 Å². The molecule has 4 rings (SSSR count). The van der Waals surface area contributed by atoms with Gasteiger partial charge < -0.3 is 4.74 Å². The first-order chi connectivity index (χ1) is 11.7. The van der Waals surface area contributed by atoms with Crippen molar-refractivity contribution in [3.8, 4) is 5.69 Å². The summed E-state index contributed by atoms with van der Waals surface area (Å²) < 4.78 is 7.29. The topological polar surface area (TPSA) is 48.3 Å². The highest BCUT2D eigenvalue weighted by Gasteiger charge is 2.18. The zero-order valence-corrected chi connectivity index (χ0v) is 13.7. The van der Waals surface area contributed by atoms with Gasteiger partial charge in [0.05, 0.1) is 22.7 Å². The van der Waals surface area contributed by atoms with Crippen molar-refractivity contribution in [2.24, 2.45) is 0 Å². The number of ether oxygens (including phenoxy) is 1. The van der Waals surface area contributed by atoms with E-state index in [4.69, 9.17) is 4.74 Å². The summed E-state index contributed by atoms with van der Waals surface area (Å²) in [5.74, 6) is -0.425. The van der Waals surface area contributed by atoms with Gasteiger partial charge in [-0.3, -0.25) is 9.36 Å². The molecule has 0 fully saturated rings. The normalized spacial score (nSPS) is 11.0. The third-order valence-electron chi connectivity index (χ3n) is 3.96. The maximum Gasteiger partial charge on any atom is 0.348 e. The van der Waals surface area contributed by atoms with Crippen LogP contribution in [0.3, 0.4) is 0 Å². The number of fused-ring (bicyclic) bond motifs is 3. The molecule has 0 saturated heterocycles. The third-order valence-corrected chi connectivity index (χ3v) is 5.10. The summed E-state index contributed by atoms with van der Waals surface area (Å²) in [6, 6.07) is 18.8. The fourth-order valence-electron chi connectivity index (χ4n) is 2.88. The number of para-hydroxylation sites is 2. The first-order valence-corrected chi connectivity index (χ1v) is 8.23. The van der Waals surface area contributed by atoms with Crippen LogP contribution in [0.5, 0.6) is 0 Å². The average Bonchev–Trinajstić information content (AvgIpc) is 3.08. The van der Waals surface area contributed by atoms with Crippen molar-refractivity contribution in [1.82, 2.24) is 4.57 Å². The molecular weight excluding hydrogens is 322 g/mol. The maximum atomic E-state index is 13.1. The number of esters is 1. The summed E-state index contributed by atoms with van der Waals surface area (Å²) in [4.78, 5) is 25.4. The SMILES string of the molecule is COC(=O)c1cc2c(=O)n(-c3ccccc3)c3ccccc3c2s1. The average molecular weight is 335 g/mol. The Morgan fingerprint density at radius 1 is 1.00 bits per heavy atom. The van der Waals surface area contributed by atoms with Gasteiger partial charge in [0.25, 0.3) is 5.56 Å². The summed E-state index contributed by atoms with van der Waals surface area (Å²) in [7, 11) is 1.34. The Morgan fingerprint density at radius 3 is 2.46 bits per heavy atom. The van der Waals surface area contributed by atoms with Gasteiger partial charge in [0, 0.05) is 11.1 Å². The largest absolute Gasteiger partial charge is 0.465 e. The molecule has 0 aliphatic heterocycles. The fraction of sp³-hybridized carbons (Fsp3) is 0.0526. The van der Waals surface area contributed by atoms with Crippen molar-refractivity contribution >= 4 is 38.3 Å². The predicted octanol–water partition coefficient (Wildman–Crippen LogP) is 3.99.